The summed E-state index contributed by atoms with van der Waals surface area (Å²) in [5.74, 6) is 0.975. The van der Waals surface area contributed by atoms with Gasteiger partial charge < -0.3 is 15.3 Å². The second-order valence-corrected chi connectivity index (χ2v) is 5.63. The standard InChI is InChI=1S/C14H30N2O/c1-4-14(12-17,15-5-2)9-6-10-16(3)11-13-7-8-13/h13,15,17H,4-12H2,1-3H3. The van der Waals surface area contributed by atoms with Gasteiger partial charge >= 0.3 is 0 Å². The van der Waals surface area contributed by atoms with Crippen molar-refractivity contribution < 1.29 is 5.11 Å². The summed E-state index contributed by atoms with van der Waals surface area (Å²) in [7, 11) is 2.22. The molecule has 102 valence electrons. The van der Waals surface area contributed by atoms with E-state index in [2.05, 4.69) is 31.1 Å². The van der Waals surface area contributed by atoms with E-state index in [1.54, 1.807) is 0 Å². The highest BCUT2D eigenvalue weighted by atomic mass is 16.3. The average molecular weight is 242 g/mol. The molecule has 3 nitrogen and oxygen atoms in total. The minimum atomic E-state index is -0.0465. The molecule has 1 aliphatic carbocycles. The summed E-state index contributed by atoms with van der Waals surface area (Å²) in [5, 5.41) is 13.0. The first-order chi connectivity index (χ1) is 8.15. The van der Waals surface area contributed by atoms with Gasteiger partial charge in [-0.3, -0.25) is 0 Å². The van der Waals surface area contributed by atoms with E-state index in [4.69, 9.17) is 0 Å². The van der Waals surface area contributed by atoms with Crippen LogP contribution in [0.5, 0.6) is 0 Å². The van der Waals surface area contributed by atoms with Crippen LogP contribution in [-0.4, -0.2) is 48.8 Å². The molecule has 0 spiro atoms. The molecule has 3 heteroatoms. The molecular weight excluding hydrogens is 212 g/mol. The molecule has 1 unspecified atom stereocenters. The van der Waals surface area contributed by atoms with Gasteiger partial charge in [0.15, 0.2) is 0 Å². The van der Waals surface area contributed by atoms with Crippen LogP contribution in [0.15, 0.2) is 0 Å². The van der Waals surface area contributed by atoms with Crippen LogP contribution in [0.25, 0.3) is 0 Å². The number of hydrogen-bond acceptors (Lipinski definition) is 3. The highest BCUT2D eigenvalue weighted by Gasteiger charge is 2.26. The molecule has 0 aromatic rings. The third-order valence-electron chi connectivity index (χ3n) is 3.99. The van der Waals surface area contributed by atoms with Crippen molar-refractivity contribution in [2.75, 3.05) is 33.3 Å². The van der Waals surface area contributed by atoms with Gasteiger partial charge in [-0.15, -0.1) is 0 Å². The zero-order valence-corrected chi connectivity index (χ0v) is 11.8. The summed E-state index contributed by atoms with van der Waals surface area (Å²) in [6.07, 6.45) is 6.10. The van der Waals surface area contributed by atoms with E-state index in [1.165, 1.54) is 25.8 Å². The summed E-state index contributed by atoms with van der Waals surface area (Å²) in [5.41, 5.74) is -0.0465. The predicted molar refractivity (Wildman–Crippen MR) is 73.2 cm³/mol. The Morgan fingerprint density at radius 3 is 2.53 bits per heavy atom. The molecule has 0 aromatic heterocycles. The quantitative estimate of drug-likeness (QED) is 0.614. The highest BCUT2D eigenvalue weighted by molar-refractivity contribution is 4.86. The van der Waals surface area contributed by atoms with Crippen molar-refractivity contribution in [3.8, 4) is 0 Å². The molecule has 1 atom stereocenters. The van der Waals surface area contributed by atoms with Crippen LogP contribution < -0.4 is 5.32 Å². The van der Waals surface area contributed by atoms with Crippen LogP contribution in [0.2, 0.25) is 0 Å². The smallest absolute Gasteiger partial charge is 0.0613 e. The highest BCUT2D eigenvalue weighted by Crippen LogP contribution is 2.29. The Morgan fingerprint density at radius 2 is 2.06 bits per heavy atom. The van der Waals surface area contributed by atoms with Gasteiger partial charge in [0.1, 0.15) is 0 Å². The predicted octanol–water partition coefficient (Wildman–Crippen LogP) is 1.86. The SMILES string of the molecule is CCNC(CC)(CO)CCCN(C)CC1CC1. The van der Waals surface area contributed by atoms with E-state index in [-0.39, 0.29) is 12.1 Å². The number of rotatable bonds is 10. The fraction of sp³-hybridized carbons (Fsp3) is 1.00. The molecule has 0 heterocycles. The van der Waals surface area contributed by atoms with Crippen molar-refractivity contribution in [2.24, 2.45) is 5.92 Å². The number of likely N-dealkylation sites (N-methyl/N-ethyl adjacent to an activating group) is 1. The molecular formula is C14H30N2O. The van der Waals surface area contributed by atoms with Crippen LogP contribution in [-0.2, 0) is 0 Å². The summed E-state index contributed by atoms with van der Waals surface area (Å²) in [4.78, 5) is 2.45. The van der Waals surface area contributed by atoms with Gasteiger partial charge in [-0.05, 0) is 58.2 Å². The summed E-state index contributed by atoms with van der Waals surface area (Å²) < 4.78 is 0. The maximum Gasteiger partial charge on any atom is 0.0613 e. The Bertz CT molecular complexity index is 200. The summed E-state index contributed by atoms with van der Waals surface area (Å²) >= 11 is 0. The lowest BCUT2D eigenvalue weighted by molar-refractivity contribution is 0.141. The van der Waals surface area contributed by atoms with Crippen molar-refractivity contribution in [3.63, 3.8) is 0 Å². The number of nitrogens with one attached hydrogen (secondary N) is 1. The topological polar surface area (TPSA) is 35.5 Å². The van der Waals surface area contributed by atoms with Crippen molar-refractivity contribution in [1.82, 2.24) is 10.2 Å². The van der Waals surface area contributed by atoms with Gasteiger partial charge in [0.25, 0.3) is 0 Å². The van der Waals surface area contributed by atoms with Crippen LogP contribution in [0.4, 0.5) is 0 Å². The summed E-state index contributed by atoms with van der Waals surface area (Å²) in [6.45, 7) is 7.88. The number of aliphatic hydroxyl groups excluding tert-OH is 1. The lowest BCUT2D eigenvalue weighted by Gasteiger charge is -2.32. The van der Waals surface area contributed by atoms with Crippen LogP contribution >= 0.6 is 0 Å². The second-order valence-electron chi connectivity index (χ2n) is 5.63. The second kappa shape index (κ2) is 7.34. The van der Waals surface area contributed by atoms with Gasteiger partial charge in [-0.25, -0.2) is 0 Å². The van der Waals surface area contributed by atoms with E-state index >= 15 is 0 Å². The van der Waals surface area contributed by atoms with Crippen molar-refractivity contribution >= 4 is 0 Å². The fourth-order valence-corrected chi connectivity index (χ4v) is 2.53. The van der Waals surface area contributed by atoms with Gasteiger partial charge in [0.05, 0.1) is 6.61 Å². The first-order valence-electron chi connectivity index (χ1n) is 7.20. The molecule has 0 aliphatic heterocycles. The fourth-order valence-electron chi connectivity index (χ4n) is 2.53. The van der Waals surface area contributed by atoms with Crippen LogP contribution in [0.1, 0.15) is 46.0 Å². The van der Waals surface area contributed by atoms with Crippen LogP contribution in [0, 0.1) is 5.92 Å². The van der Waals surface area contributed by atoms with Gasteiger partial charge in [0, 0.05) is 12.1 Å². The molecule has 0 aromatic carbocycles. The summed E-state index contributed by atoms with van der Waals surface area (Å²) in [6, 6.07) is 0. The third kappa shape index (κ3) is 5.36. The molecule has 0 radical (unpaired) electrons. The zero-order chi connectivity index (χ0) is 12.7. The van der Waals surface area contributed by atoms with Crippen LogP contribution in [0.3, 0.4) is 0 Å². The average Bonchev–Trinajstić information content (AvgIpc) is 3.11. The van der Waals surface area contributed by atoms with Gasteiger partial charge in [-0.2, -0.15) is 0 Å². The lowest BCUT2D eigenvalue weighted by atomic mass is 9.91. The molecule has 1 fully saturated rings. The molecule has 1 aliphatic rings. The zero-order valence-electron chi connectivity index (χ0n) is 11.8. The van der Waals surface area contributed by atoms with Gasteiger partial charge in [0.2, 0.25) is 0 Å². The first-order valence-corrected chi connectivity index (χ1v) is 7.20. The number of aliphatic hydroxyl groups is 1. The molecule has 0 amide bonds. The Labute approximate surface area is 107 Å². The van der Waals surface area contributed by atoms with E-state index < -0.39 is 0 Å². The minimum Gasteiger partial charge on any atom is -0.394 e. The first kappa shape index (κ1) is 14.9. The molecule has 0 bridgehead atoms. The molecule has 1 saturated carbocycles. The van der Waals surface area contributed by atoms with Gasteiger partial charge in [-0.1, -0.05) is 13.8 Å². The Hall–Kier alpha value is -0.120. The normalized spacial score (nSPS) is 19.6. The number of hydrogen-bond donors (Lipinski definition) is 2. The minimum absolute atomic E-state index is 0.0465. The van der Waals surface area contributed by atoms with Crippen molar-refractivity contribution in [3.05, 3.63) is 0 Å². The Morgan fingerprint density at radius 1 is 1.35 bits per heavy atom. The van der Waals surface area contributed by atoms with E-state index in [9.17, 15) is 5.11 Å². The maximum atomic E-state index is 9.55. The van der Waals surface area contributed by atoms with E-state index in [1.807, 2.05) is 0 Å². The monoisotopic (exact) mass is 242 g/mol. The molecule has 17 heavy (non-hydrogen) atoms. The largest absolute Gasteiger partial charge is 0.394 e. The van der Waals surface area contributed by atoms with Crippen molar-refractivity contribution in [1.29, 1.82) is 0 Å². The molecule has 1 rings (SSSR count). The molecule has 0 saturated heterocycles. The third-order valence-corrected chi connectivity index (χ3v) is 3.99. The van der Waals surface area contributed by atoms with Crippen molar-refractivity contribution in [2.45, 2.75) is 51.5 Å². The molecule has 2 N–H and O–H groups in total. The number of nitrogens with zero attached hydrogens (tertiary/aromatic N) is 1. The lowest BCUT2D eigenvalue weighted by Crippen LogP contribution is -2.48. The van der Waals surface area contributed by atoms with E-state index in [0.29, 0.717) is 0 Å². The maximum absolute atomic E-state index is 9.55. The van der Waals surface area contributed by atoms with E-state index in [0.717, 1.165) is 31.8 Å². The Kier molecular flexibility index (Phi) is 6.45. The Balaban J connectivity index is 2.20.